The molecule has 1 aliphatic heterocycles. The van der Waals surface area contributed by atoms with Gasteiger partial charge in [-0.3, -0.25) is 5.10 Å². The van der Waals surface area contributed by atoms with E-state index in [4.69, 9.17) is 0 Å². The van der Waals surface area contributed by atoms with Gasteiger partial charge in [0.2, 0.25) is 0 Å². The number of hydrogen-bond donors (Lipinski definition) is 1. The molecule has 0 bridgehead atoms. The van der Waals surface area contributed by atoms with Gasteiger partial charge in [-0.15, -0.1) is 5.10 Å². The van der Waals surface area contributed by atoms with Crippen LogP contribution in [0.1, 0.15) is 6.42 Å². The molecule has 48 valence electrons. The molecule has 2 rings (SSSR count). The van der Waals surface area contributed by atoms with Gasteiger partial charge in [-0.1, -0.05) is 5.21 Å². The second-order valence-corrected chi connectivity index (χ2v) is 2.17. The highest BCUT2D eigenvalue weighted by Gasteiger charge is 2.15. The Hall–Kier alpha value is -1.06. The predicted octanol–water partition coefficient (Wildman–Crippen LogP) is 0.0148. The molecule has 2 heterocycles. The molecule has 1 aromatic heterocycles. The second-order valence-electron chi connectivity index (χ2n) is 2.17. The van der Waals surface area contributed by atoms with Gasteiger partial charge in [-0.05, 0) is 6.42 Å². The minimum absolute atomic E-state index is 0.973. The number of aromatic nitrogens is 3. The minimum atomic E-state index is 0.973. The summed E-state index contributed by atoms with van der Waals surface area (Å²) in [6.45, 7) is 2.26. The normalized spacial score (nSPS) is 17.6. The van der Waals surface area contributed by atoms with Crippen molar-refractivity contribution in [1.29, 1.82) is 0 Å². The Morgan fingerprint density at radius 1 is 1.56 bits per heavy atom. The van der Waals surface area contributed by atoms with Crippen molar-refractivity contribution in [2.75, 3.05) is 18.0 Å². The first-order valence-electron chi connectivity index (χ1n) is 3.08. The summed E-state index contributed by atoms with van der Waals surface area (Å²) in [6, 6.07) is 0. The van der Waals surface area contributed by atoms with Crippen LogP contribution in [0.4, 0.5) is 5.82 Å². The Morgan fingerprint density at radius 3 is 2.89 bits per heavy atom. The number of rotatable bonds is 1. The van der Waals surface area contributed by atoms with E-state index in [9.17, 15) is 0 Å². The van der Waals surface area contributed by atoms with Crippen LogP contribution in [0.15, 0.2) is 6.20 Å². The summed E-state index contributed by atoms with van der Waals surface area (Å²) in [5, 5.41) is 10.1. The third kappa shape index (κ3) is 0.667. The summed E-state index contributed by atoms with van der Waals surface area (Å²) >= 11 is 0. The number of anilines is 1. The maximum Gasteiger partial charge on any atom is 0.170 e. The van der Waals surface area contributed by atoms with Crippen LogP contribution in [0.3, 0.4) is 0 Å². The molecule has 0 spiro atoms. The van der Waals surface area contributed by atoms with E-state index in [-0.39, 0.29) is 0 Å². The largest absolute Gasteiger partial charge is 0.354 e. The van der Waals surface area contributed by atoms with Crippen molar-refractivity contribution < 1.29 is 0 Å². The van der Waals surface area contributed by atoms with Gasteiger partial charge < -0.3 is 4.90 Å². The fourth-order valence-corrected chi connectivity index (χ4v) is 0.895. The molecule has 9 heavy (non-hydrogen) atoms. The molecule has 1 saturated heterocycles. The number of aromatic amines is 1. The molecule has 1 fully saturated rings. The van der Waals surface area contributed by atoms with E-state index in [0.717, 1.165) is 18.9 Å². The van der Waals surface area contributed by atoms with Crippen LogP contribution in [-0.2, 0) is 0 Å². The first-order chi connectivity index (χ1) is 4.47. The fourth-order valence-electron chi connectivity index (χ4n) is 0.895. The van der Waals surface area contributed by atoms with E-state index in [1.807, 2.05) is 6.20 Å². The molecule has 0 aromatic carbocycles. The van der Waals surface area contributed by atoms with E-state index in [1.165, 1.54) is 6.42 Å². The van der Waals surface area contributed by atoms with Crippen molar-refractivity contribution in [3.63, 3.8) is 0 Å². The summed E-state index contributed by atoms with van der Waals surface area (Å²) in [5.74, 6) is 0.973. The Bertz CT molecular complexity index is 177. The Kier molecular flexibility index (Phi) is 0.913. The van der Waals surface area contributed by atoms with Gasteiger partial charge in [0.1, 0.15) is 0 Å². The first kappa shape index (κ1) is 4.78. The van der Waals surface area contributed by atoms with Crippen molar-refractivity contribution in [1.82, 2.24) is 15.4 Å². The van der Waals surface area contributed by atoms with Gasteiger partial charge in [0.15, 0.2) is 5.82 Å². The van der Waals surface area contributed by atoms with Crippen molar-refractivity contribution in [2.24, 2.45) is 0 Å². The SMILES string of the molecule is c1[nH]nnc1N1CCC1. The standard InChI is InChI=1S/C5H8N4/c1-2-9(3-1)5-4-6-8-7-5/h4H,1-3H2,(H,6,7,8). The molecule has 0 atom stereocenters. The Balaban J connectivity index is 2.14. The fraction of sp³-hybridized carbons (Fsp3) is 0.600. The predicted molar refractivity (Wildman–Crippen MR) is 33.2 cm³/mol. The van der Waals surface area contributed by atoms with Crippen LogP contribution in [-0.4, -0.2) is 28.5 Å². The van der Waals surface area contributed by atoms with Crippen LogP contribution in [0.2, 0.25) is 0 Å². The number of nitrogens with zero attached hydrogens (tertiary/aromatic N) is 3. The van der Waals surface area contributed by atoms with Crippen molar-refractivity contribution in [3.05, 3.63) is 6.20 Å². The third-order valence-electron chi connectivity index (χ3n) is 1.58. The second kappa shape index (κ2) is 1.72. The van der Waals surface area contributed by atoms with Gasteiger partial charge in [0.05, 0.1) is 6.20 Å². The highest BCUT2D eigenvalue weighted by Crippen LogP contribution is 2.14. The smallest absolute Gasteiger partial charge is 0.170 e. The maximum atomic E-state index is 3.86. The van der Waals surface area contributed by atoms with Crippen LogP contribution >= 0.6 is 0 Å². The molecule has 0 saturated carbocycles. The highest BCUT2D eigenvalue weighted by molar-refractivity contribution is 5.36. The van der Waals surface area contributed by atoms with E-state index in [0.29, 0.717) is 0 Å². The molecule has 1 aliphatic rings. The van der Waals surface area contributed by atoms with Gasteiger partial charge in [-0.2, -0.15) is 0 Å². The lowest BCUT2D eigenvalue weighted by Gasteiger charge is -2.29. The summed E-state index contributed by atoms with van der Waals surface area (Å²) in [6.07, 6.45) is 3.10. The lowest BCUT2D eigenvalue weighted by molar-refractivity contribution is 0.609. The summed E-state index contributed by atoms with van der Waals surface area (Å²) < 4.78 is 0. The molecule has 0 amide bonds. The average Bonchev–Trinajstić information content (AvgIpc) is 2.11. The molecular formula is C5H8N4. The number of hydrogen-bond acceptors (Lipinski definition) is 3. The van der Waals surface area contributed by atoms with Crippen molar-refractivity contribution in [3.8, 4) is 0 Å². The van der Waals surface area contributed by atoms with Gasteiger partial charge in [-0.25, -0.2) is 0 Å². The topological polar surface area (TPSA) is 44.8 Å². The van der Waals surface area contributed by atoms with Crippen LogP contribution in [0, 0.1) is 0 Å². The third-order valence-corrected chi connectivity index (χ3v) is 1.58. The molecule has 0 unspecified atom stereocenters. The first-order valence-corrected chi connectivity index (χ1v) is 3.08. The average molecular weight is 124 g/mol. The van der Waals surface area contributed by atoms with E-state index >= 15 is 0 Å². The van der Waals surface area contributed by atoms with Crippen molar-refractivity contribution >= 4 is 5.82 Å². The Labute approximate surface area is 52.9 Å². The molecule has 4 nitrogen and oxygen atoms in total. The molecular weight excluding hydrogens is 116 g/mol. The Morgan fingerprint density at radius 2 is 2.44 bits per heavy atom. The zero-order valence-electron chi connectivity index (χ0n) is 5.04. The maximum absolute atomic E-state index is 3.86. The van der Waals surface area contributed by atoms with Crippen LogP contribution in [0.5, 0.6) is 0 Å². The zero-order chi connectivity index (χ0) is 6.10. The quantitative estimate of drug-likeness (QED) is 0.573. The van der Waals surface area contributed by atoms with Gasteiger partial charge in [0.25, 0.3) is 0 Å². The van der Waals surface area contributed by atoms with Gasteiger partial charge in [0, 0.05) is 13.1 Å². The minimum Gasteiger partial charge on any atom is -0.354 e. The molecule has 1 aromatic rings. The molecule has 1 N–H and O–H groups in total. The summed E-state index contributed by atoms with van der Waals surface area (Å²) in [5.41, 5.74) is 0. The van der Waals surface area contributed by atoms with E-state index in [1.54, 1.807) is 0 Å². The monoisotopic (exact) mass is 124 g/mol. The van der Waals surface area contributed by atoms with E-state index in [2.05, 4.69) is 20.3 Å². The van der Waals surface area contributed by atoms with Crippen molar-refractivity contribution in [2.45, 2.75) is 6.42 Å². The molecule has 0 aliphatic carbocycles. The number of nitrogens with one attached hydrogen (secondary N) is 1. The van der Waals surface area contributed by atoms with Crippen LogP contribution in [0.25, 0.3) is 0 Å². The van der Waals surface area contributed by atoms with E-state index < -0.39 is 0 Å². The number of H-pyrrole nitrogens is 1. The summed E-state index contributed by atoms with van der Waals surface area (Å²) in [7, 11) is 0. The van der Waals surface area contributed by atoms with Gasteiger partial charge >= 0.3 is 0 Å². The highest BCUT2D eigenvalue weighted by atomic mass is 15.4. The van der Waals surface area contributed by atoms with Crippen LogP contribution < -0.4 is 4.90 Å². The zero-order valence-corrected chi connectivity index (χ0v) is 5.04. The lowest BCUT2D eigenvalue weighted by Crippen LogP contribution is -2.37. The molecule has 4 heteroatoms. The lowest BCUT2D eigenvalue weighted by atomic mass is 10.2. The molecule has 0 radical (unpaired) electrons. The summed E-state index contributed by atoms with van der Waals surface area (Å²) in [4.78, 5) is 2.18.